The van der Waals surface area contributed by atoms with Crippen molar-refractivity contribution in [1.29, 1.82) is 0 Å². The number of aliphatic hydroxyl groups is 2. The molecule has 0 aliphatic rings. The van der Waals surface area contributed by atoms with Crippen molar-refractivity contribution < 1.29 is 15.0 Å². The number of allylic oxidation sites excluding steroid dienone is 2. The third-order valence-corrected chi connectivity index (χ3v) is 5.78. The van der Waals surface area contributed by atoms with E-state index in [-0.39, 0.29) is 12.5 Å². The lowest BCUT2D eigenvalue weighted by Crippen LogP contribution is -2.45. The van der Waals surface area contributed by atoms with E-state index in [0.29, 0.717) is 12.8 Å². The molecule has 3 N–H and O–H groups in total. The molecular formula is C26H51NO3. The lowest BCUT2D eigenvalue weighted by Gasteiger charge is -2.22. The van der Waals surface area contributed by atoms with Crippen molar-refractivity contribution in [3.05, 3.63) is 12.2 Å². The molecule has 1 amide bonds. The Morgan fingerprint density at radius 1 is 0.767 bits per heavy atom. The number of carbonyl (C=O) groups excluding carboxylic acids is 1. The molecule has 0 saturated carbocycles. The Balaban J connectivity index is 3.72. The molecule has 0 aromatic heterocycles. The summed E-state index contributed by atoms with van der Waals surface area (Å²) in [5, 5.41) is 22.6. The molecule has 0 rings (SSSR count). The minimum absolute atomic E-state index is 0.0727. The molecule has 2 unspecified atom stereocenters. The van der Waals surface area contributed by atoms with E-state index < -0.39 is 12.1 Å². The van der Waals surface area contributed by atoms with Gasteiger partial charge in [-0.2, -0.15) is 0 Å². The van der Waals surface area contributed by atoms with E-state index in [4.69, 9.17) is 0 Å². The van der Waals surface area contributed by atoms with Crippen molar-refractivity contribution in [2.75, 3.05) is 6.61 Å². The monoisotopic (exact) mass is 425 g/mol. The highest BCUT2D eigenvalue weighted by Gasteiger charge is 2.19. The Morgan fingerprint density at radius 2 is 1.27 bits per heavy atom. The fourth-order valence-electron chi connectivity index (χ4n) is 3.71. The first-order valence-electron chi connectivity index (χ1n) is 12.9. The smallest absolute Gasteiger partial charge is 0.220 e. The van der Waals surface area contributed by atoms with E-state index >= 15 is 0 Å². The van der Waals surface area contributed by atoms with Gasteiger partial charge in [0.1, 0.15) is 0 Å². The van der Waals surface area contributed by atoms with Gasteiger partial charge in [0, 0.05) is 6.42 Å². The highest BCUT2D eigenvalue weighted by molar-refractivity contribution is 5.76. The van der Waals surface area contributed by atoms with E-state index in [2.05, 4.69) is 31.3 Å². The van der Waals surface area contributed by atoms with Crippen molar-refractivity contribution in [2.45, 2.75) is 142 Å². The fourth-order valence-corrected chi connectivity index (χ4v) is 3.71. The highest BCUT2D eigenvalue weighted by atomic mass is 16.3. The van der Waals surface area contributed by atoms with Gasteiger partial charge in [-0.25, -0.2) is 0 Å². The molecule has 2 atom stereocenters. The van der Waals surface area contributed by atoms with Gasteiger partial charge in [-0.05, 0) is 32.1 Å². The zero-order valence-corrected chi connectivity index (χ0v) is 20.0. The van der Waals surface area contributed by atoms with Crippen LogP contribution < -0.4 is 5.32 Å². The van der Waals surface area contributed by atoms with Crippen LogP contribution in [0.15, 0.2) is 12.2 Å². The number of carbonyl (C=O) groups is 1. The molecule has 0 fully saturated rings. The van der Waals surface area contributed by atoms with Gasteiger partial charge >= 0.3 is 0 Å². The topological polar surface area (TPSA) is 69.6 Å². The first kappa shape index (κ1) is 29.1. The summed E-state index contributed by atoms with van der Waals surface area (Å²) in [7, 11) is 0. The molecule has 0 aliphatic carbocycles. The average molecular weight is 426 g/mol. The summed E-state index contributed by atoms with van der Waals surface area (Å²) in [6.07, 6.45) is 24.0. The van der Waals surface area contributed by atoms with Gasteiger partial charge in [0.15, 0.2) is 0 Å². The van der Waals surface area contributed by atoms with E-state index in [9.17, 15) is 15.0 Å². The summed E-state index contributed by atoms with van der Waals surface area (Å²) in [5.74, 6) is -0.0727. The molecule has 0 radical (unpaired) electrons. The van der Waals surface area contributed by atoms with Gasteiger partial charge in [-0.1, -0.05) is 103 Å². The zero-order chi connectivity index (χ0) is 22.3. The van der Waals surface area contributed by atoms with Crippen LogP contribution in [0.4, 0.5) is 0 Å². The maximum absolute atomic E-state index is 12.1. The van der Waals surface area contributed by atoms with Crippen LogP contribution in [0.1, 0.15) is 129 Å². The highest BCUT2D eigenvalue weighted by Crippen LogP contribution is 2.13. The standard InChI is InChI=1S/C26H51NO3/c1-3-5-7-9-11-13-15-17-19-21-25(29)24(23-28)27-26(30)22-20-18-16-14-12-10-8-6-4-2/h14,16,24-25,28-29H,3-13,15,17-23H2,1-2H3,(H,27,30)/b16-14-. The number of unbranched alkanes of at least 4 members (excludes halogenated alkanes) is 13. The van der Waals surface area contributed by atoms with E-state index in [0.717, 1.165) is 32.1 Å². The van der Waals surface area contributed by atoms with Crippen LogP contribution in [0.2, 0.25) is 0 Å². The van der Waals surface area contributed by atoms with E-state index in [1.807, 2.05) is 0 Å². The van der Waals surface area contributed by atoms with Crippen LogP contribution in [0, 0.1) is 0 Å². The van der Waals surface area contributed by atoms with Crippen LogP contribution in [0.3, 0.4) is 0 Å². The zero-order valence-electron chi connectivity index (χ0n) is 20.0. The molecule has 4 nitrogen and oxygen atoms in total. The lowest BCUT2D eigenvalue weighted by molar-refractivity contribution is -0.123. The second-order valence-electron chi connectivity index (χ2n) is 8.75. The first-order valence-corrected chi connectivity index (χ1v) is 12.9. The number of rotatable bonds is 22. The Morgan fingerprint density at radius 3 is 1.83 bits per heavy atom. The van der Waals surface area contributed by atoms with Crippen LogP contribution in [-0.2, 0) is 4.79 Å². The Labute approximate surface area is 186 Å². The van der Waals surface area contributed by atoms with Crippen LogP contribution in [0.5, 0.6) is 0 Å². The number of aliphatic hydroxyl groups excluding tert-OH is 2. The van der Waals surface area contributed by atoms with Crippen molar-refractivity contribution in [3.8, 4) is 0 Å². The summed E-state index contributed by atoms with van der Waals surface area (Å²) in [4.78, 5) is 12.1. The minimum Gasteiger partial charge on any atom is -0.394 e. The van der Waals surface area contributed by atoms with Gasteiger partial charge in [-0.15, -0.1) is 0 Å². The Hall–Kier alpha value is -0.870. The van der Waals surface area contributed by atoms with Gasteiger partial charge in [0.25, 0.3) is 0 Å². The van der Waals surface area contributed by atoms with Crippen LogP contribution in [0.25, 0.3) is 0 Å². The predicted octanol–water partition coefficient (Wildman–Crippen LogP) is 6.44. The summed E-state index contributed by atoms with van der Waals surface area (Å²) < 4.78 is 0. The maximum atomic E-state index is 12.1. The van der Waals surface area contributed by atoms with Crippen molar-refractivity contribution in [3.63, 3.8) is 0 Å². The number of hydrogen-bond acceptors (Lipinski definition) is 3. The second-order valence-corrected chi connectivity index (χ2v) is 8.75. The van der Waals surface area contributed by atoms with Crippen molar-refractivity contribution in [1.82, 2.24) is 5.32 Å². The molecule has 0 aromatic carbocycles. The largest absolute Gasteiger partial charge is 0.394 e. The molecular weight excluding hydrogens is 374 g/mol. The van der Waals surface area contributed by atoms with Gasteiger partial charge in [0.05, 0.1) is 18.8 Å². The molecule has 4 heteroatoms. The molecule has 0 aromatic rings. The maximum Gasteiger partial charge on any atom is 0.220 e. The number of nitrogens with one attached hydrogen (secondary N) is 1. The normalized spacial score (nSPS) is 13.6. The number of hydrogen-bond donors (Lipinski definition) is 3. The molecule has 178 valence electrons. The molecule has 30 heavy (non-hydrogen) atoms. The molecule has 0 saturated heterocycles. The third kappa shape index (κ3) is 19.1. The van der Waals surface area contributed by atoms with Crippen molar-refractivity contribution in [2.24, 2.45) is 0 Å². The Kier molecular flexibility index (Phi) is 22.1. The van der Waals surface area contributed by atoms with Crippen molar-refractivity contribution >= 4 is 5.91 Å². The summed E-state index contributed by atoms with van der Waals surface area (Å²) in [6.45, 7) is 4.25. The quantitative estimate of drug-likeness (QED) is 0.138. The van der Waals surface area contributed by atoms with Gasteiger partial charge < -0.3 is 15.5 Å². The summed E-state index contributed by atoms with van der Waals surface area (Å²) >= 11 is 0. The van der Waals surface area contributed by atoms with Crippen LogP contribution >= 0.6 is 0 Å². The van der Waals surface area contributed by atoms with Crippen LogP contribution in [-0.4, -0.2) is 34.9 Å². The van der Waals surface area contributed by atoms with E-state index in [1.54, 1.807) is 0 Å². The average Bonchev–Trinajstić information content (AvgIpc) is 2.75. The minimum atomic E-state index is -0.661. The van der Waals surface area contributed by atoms with Gasteiger partial charge in [0.2, 0.25) is 5.91 Å². The predicted molar refractivity (Wildman–Crippen MR) is 129 cm³/mol. The fraction of sp³-hybridized carbons (Fsp3) is 0.885. The summed E-state index contributed by atoms with van der Waals surface area (Å²) in [6, 6.07) is -0.541. The molecule has 0 aliphatic heterocycles. The molecule has 0 heterocycles. The first-order chi connectivity index (χ1) is 14.7. The van der Waals surface area contributed by atoms with Gasteiger partial charge in [-0.3, -0.25) is 4.79 Å². The van der Waals surface area contributed by atoms with E-state index in [1.165, 1.54) is 70.6 Å². The Bertz CT molecular complexity index is 398. The second kappa shape index (κ2) is 22.8. The SMILES string of the molecule is CCCCCC/C=C\CCCC(=O)NC(CO)C(O)CCCCCCCCCCC. The molecule has 0 spiro atoms. The lowest BCUT2D eigenvalue weighted by atomic mass is 10.0. The summed E-state index contributed by atoms with van der Waals surface area (Å²) in [5.41, 5.74) is 0. The third-order valence-electron chi connectivity index (χ3n) is 5.78. The molecule has 0 bridgehead atoms. The number of amides is 1.